The Morgan fingerprint density at radius 2 is 1.77 bits per heavy atom. The molecule has 0 aromatic heterocycles. The van der Waals surface area contributed by atoms with Crippen LogP contribution in [0.1, 0.15) is 36.7 Å². The highest BCUT2D eigenvalue weighted by Crippen LogP contribution is 2.16. The Morgan fingerprint density at radius 1 is 1.08 bits per heavy atom. The molecule has 0 saturated heterocycles. The number of ether oxygens (including phenoxy) is 2. The van der Waals surface area contributed by atoms with Gasteiger partial charge in [0.15, 0.2) is 6.10 Å². The minimum absolute atomic E-state index is 0.137. The minimum atomic E-state index is -0.939. The number of hydrogen-bond donors (Lipinski definition) is 1. The highest BCUT2D eigenvalue weighted by atomic mass is 35.5. The summed E-state index contributed by atoms with van der Waals surface area (Å²) in [7, 11) is 0. The number of esters is 1. The second-order valence-electron chi connectivity index (χ2n) is 6.10. The summed E-state index contributed by atoms with van der Waals surface area (Å²) in [5, 5.41) is 3.17. The van der Waals surface area contributed by atoms with Crippen LogP contribution in [0, 0.1) is 0 Å². The third kappa shape index (κ3) is 6.17. The van der Waals surface area contributed by atoms with Crippen molar-refractivity contribution in [2.24, 2.45) is 0 Å². The van der Waals surface area contributed by atoms with E-state index in [2.05, 4.69) is 5.32 Å². The summed E-state index contributed by atoms with van der Waals surface area (Å²) < 4.78 is 10.7. The van der Waals surface area contributed by atoms with Gasteiger partial charge in [0.05, 0.1) is 18.3 Å². The molecule has 1 N–H and O–H groups in total. The highest BCUT2D eigenvalue weighted by Gasteiger charge is 2.19. The fraction of sp³-hybridized carbons (Fsp3) is 0.300. The summed E-state index contributed by atoms with van der Waals surface area (Å²) in [5.74, 6) is -0.988. The normalized spacial score (nSPS) is 11.9. The molecule has 2 aromatic carbocycles. The Labute approximate surface area is 158 Å². The number of nitrogens with one attached hydrogen (secondary N) is 1. The zero-order chi connectivity index (χ0) is 19.1. The maximum absolute atomic E-state index is 12.2. The van der Waals surface area contributed by atoms with Crippen molar-refractivity contribution in [3.8, 4) is 0 Å². The molecule has 0 saturated carbocycles. The summed E-state index contributed by atoms with van der Waals surface area (Å²) in [6.45, 7) is 5.91. The van der Waals surface area contributed by atoms with E-state index < -0.39 is 18.0 Å². The van der Waals surface area contributed by atoms with Crippen LogP contribution < -0.4 is 5.32 Å². The maximum Gasteiger partial charge on any atom is 0.338 e. The largest absolute Gasteiger partial charge is 0.449 e. The first-order valence-corrected chi connectivity index (χ1v) is 8.71. The molecular formula is C20H22ClNO4. The highest BCUT2D eigenvalue weighted by molar-refractivity contribution is 6.30. The molecule has 2 aromatic rings. The molecule has 0 unspecified atom stereocenters. The molecule has 0 fully saturated rings. The molecule has 5 nitrogen and oxygen atoms in total. The SMILES string of the molecule is CC(C)OCc1ccc(C(=O)O[C@@H](C)C(=O)Nc2cccc(Cl)c2)cc1. The molecule has 0 aliphatic rings. The Bertz CT molecular complexity index is 759. The van der Waals surface area contributed by atoms with Crippen molar-refractivity contribution < 1.29 is 19.1 Å². The lowest BCUT2D eigenvalue weighted by Gasteiger charge is -2.14. The van der Waals surface area contributed by atoms with Crippen molar-refractivity contribution in [3.63, 3.8) is 0 Å². The van der Waals surface area contributed by atoms with Gasteiger partial charge in [0.2, 0.25) is 0 Å². The van der Waals surface area contributed by atoms with Crippen LogP contribution in [0.2, 0.25) is 5.02 Å². The molecule has 0 bridgehead atoms. The van der Waals surface area contributed by atoms with Gasteiger partial charge in [-0.1, -0.05) is 29.8 Å². The first-order chi connectivity index (χ1) is 12.3. The van der Waals surface area contributed by atoms with E-state index in [-0.39, 0.29) is 6.10 Å². The number of anilines is 1. The molecule has 0 radical (unpaired) electrons. The summed E-state index contributed by atoms with van der Waals surface area (Å²) in [5.41, 5.74) is 1.88. The van der Waals surface area contributed by atoms with Crippen LogP contribution in [0.4, 0.5) is 5.69 Å². The molecule has 0 aliphatic carbocycles. The number of amides is 1. The monoisotopic (exact) mass is 375 g/mol. The lowest BCUT2D eigenvalue weighted by molar-refractivity contribution is -0.123. The van der Waals surface area contributed by atoms with E-state index in [0.717, 1.165) is 5.56 Å². The molecule has 1 amide bonds. The van der Waals surface area contributed by atoms with E-state index in [1.807, 2.05) is 13.8 Å². The van der Waals surface area contributed by atoms with Gasteiger partial charge in [0.25, 0.3) is 5.91 Å². The van der Waals surface area contributed by atoms with Crippen molar-refractivity contribution >= 4 is 29.2 Å². The lowest BCUT2D eigenvalue weighted by Crippen LogP contribution is -2.30. The average Bonchev–Trinajstić information content (AvgIpc) is 2.60. The van der Waals surface area contributed by atoms with Crippen LogP contribution in [0.25, 0.3) is 0 Å². The average molecular weight is 376 g/mol. The first-order valence-electron chi connectivity index (χ1n) is 8.33. The molecule has 26 heavy (non-hydrogen) atoms. The topological polar surface area (TPSA) is 64.6 Å². The number of carbonyl (C=O) groups is 2. The van der Waals surface area contributed by atoms with E-state index in [4.69, 9.17) is 21.1 Å². The molecule has 0 heterocycles. The second-order valence-corrected chi connectivity index (χ2v) is 6.54. The van der Waals surface area contributed by atoms with Crippen LogP contribution in [-0.2, 0) is 20.9 Å². The summed E-state index contributed by atoms with van der Waals surface area (Å²) >= 11 is 5.88. The summed E-state index contributed by atoms with van der Waals surface area (Å²) in [4.78, 5) is 24.3. The summed E-state index contributed by atoms with van der Waals surface area (Å²) in [6, 6.07) is 13.7. The molecule has 0 spiro atoms. The zero-order valence-corrected chi connectivity index (χ0v) is 15.7. The molecule has 6 heteroatoms. The fourth-order valence-electron chi connectivity index (χ4n) is 2.09. The second kappa shape index (κ2) is 9.36. The Kier molecular flexibility index (Phi) is 7.18. The van der Waals surface area contributed by atoms with E-state index in [0.29, 0.717) is 22.9 Å². The van der Waals surface area contributed by atoms with Crippen molar-refractivity contribution in [3.05, 3.63) is 64.7 Å². The molecular weight excluding hydrogens is 354 g/mol. The number of rotatable bonds is 7. The van der Waals surface area contributed by atoms with Crippen LogP contribution in [-0.4, -0.2) is 24.1 Å². The third-order valence-corrected chi connectivity index (χ3v) is 3.75. The van der Waals surface area contributed by atoms with Crippen LogP contribution in [0.5, 0.6) is 0 Å². The van der Waals surface area contributed by atoms with Crippen LogP contribution in [0.3, 0.4) is 0 Å². The number of halogens is 1. The quantitative estimate of drug-likeness (QED) is 0.726. The number of carbonyl (C=O) groups excluding carboxylic acids is 2. The Morgan fingerprint density at radius 3 is 2.38 bits per heavy atom. The molecule has 2 rings (SSSR count). The lowest BCUT2D eigenvalue weighted by atomic mass is 10.1. The number of hydrogen-bond acceptors (Lipinski definition) is 4. The van der Waals surface area contributed by atoms with Crippen molar-refractivity contribution in [1.29, 1.82) is 0 Å². The van der Waals surface area contributed by atoms with Gasteiger partial charge < -0.3 is 14.8 Å². The summed E-state index contributed by atoms with van der Waals surface area (Å²) in [6.07, 6.45) is -0.802. The van der Waals surface area contributed by atoms with Gasteiger partial charge in [-0.3, -0.25) is 4.79 Å². The molecule has 138 valence electrons. The van der Waals surface area contributed by atoms with E-state index in [1.54, 1.807) is 48.5 Å². The van der Waals surface area contributed by atoms with E-state index in [9.17, 15) is 9.59 Å². The predicted octanol–water partition coefficient (Wildman–Crippen LogP) is 4.45. The maximum atomic E-state index is 12.2. The third-order valence-electron chi connectivity index (χ3n) is 3.52. The van der Waals surface area contributed by atoms with Gasteiger partial charge >= 0.3 is 5.97 Å². The standard InChI is InChI=1S/C20H22ClNO4/c1-13(2)25-12-15-7-9-16(10-8-15)20(24)26-14(3)19(23)22-18-6-4-5-17(21)11-18/h4-11,13-14H,12H2,1-3H3,(H,22,23)/t14-/m0/s1. The Hall–Kier alpha value is -2.37. The van der Waals surface area contributed by atoms with Gasteiger partial charge in [0.1, 0.15) is 0 Å². The van der Waals surface area contributed by atoms with Gasteiger partial charge in [-0.2, -0.15) is 0 Å². The Balaban J connectivity index is 1.90. The number of benzene rings is 2. The van der Waals surface area contributed by atoms with Gasteiger partial charge in [0, 0.05) is 10.7 Å². The fourth-order valence-corrected chi connectivity index (χ4v) is 2.28. The predicted molar refractivity (Wildman–Crippen MR) is 101 cm³/mol. The van der Waals surface area contributed by atoms with Crippen LogP contribution in [0.15, 0.2) is 48.5 Å². The van der Waals surface area contributed by atoms with E-state index >= 15 is 0 Å². The van der Waals surface area contributed by atoms with Crippen molar-refractivity contribution in [2.75, 3.05) is 5.32 Å². The van der Waals surface area contributed by atoms with Crippen LogP contribution >= 0.6 is 11.6 Å². The van der Waals surface area contributed by atoms with Crippen molar-refractivity contribution in [2.45, 2.75) is 39.6 Å². The smallest absolute Gasteiger partial charge is 0.338 e. The van der Waals surface area contributed by atoms with Gasteiger partial charge in [-0.05, 0) is 56.7 Å². The first kappa shape index (κ1) is 19.9. The zero-order valence-electron chi connectivity index (χ0n) is 15.0. The molecule has 0 aliphatic heterocycles. The van der Waals surface area contributed by atoms with Gasteiger partial charge in [-0.25, -0.2) is 4.79 Å². The van der Waals surface area contributed by atoms with Crippen molar-refractivity contribution in [1.82, 2.24) is 0 Å². The minimum Gasteiger partial charge on any atom is -0.449 e. The van der Waals surface area contributed by atoms with Gasteiger partial charge in [-0.15, -0.1) is 0 Å². The van der Waals surface area contributed by atoms with E-state index in [1.165, 1.54) is 6.92 Å². The molecule has 1 atom stereocenters.